The number of nitrogens with zero attached hydrogens (tertiary/aromatic N) is 6. The van der Waals surface area contributed by atoms with Crippen molar-refractivity contribution < 1.29 is 14.2 Å². The number of imidazole rings is 1. The summed E-state index contributed by atoms with van der Waals surface area (Å²) in [4.78, 5) is 25.9. The molecule has 0 radical (unpaired) electrons. The first kappa shape index (κ1) is 26.2. The van der Waals surface area contributed by atoms with Gasteiger partial charge in [-0.05, 0) is 68.2 Å². The molecule has 0 bridgehead atoms. The topological polar surface area (TPSA) is 99.5 Å². The van der Waals surface area contributed by atoms with E-state index < -0.39 is 5.69 Å². The third-order valence-corrected chi connectivity index (χ3v) is 5.86. The van der Waals surface area contributed by atoms with Crippen LogP contribution in [-0.4, -0.2) is 55.5 Å². The molecule has 3 aromatic rings. The summed E-state index contributed by atoms with van der Waals surface area (Å²) in [6.45, 7) is 2.98. The maximum Gasteiger partial charge on any atom is 0.370 e. The molecule has 0 spiro atoms. The lowest BCUT2D eigenvalue weighted by Gasteiger charge is -2.12. The van der Waals surface area contributed by atoms with Gasteiger partial charge in [0.15, 0.2) is 0 Å². The Morgan fingerprint density at radius 2 is 2.05 bits per heavy atom. The first-order valence-corrected chi connectivity index (χ1v) is 12.2. The lowest BCUT2D eigenvalue weighted by atomic mass is 10.0. The zero-order valence-electron chi connectivity index (χ0n) is 21.0. The lowest BCUT2D eigenvalue weighted by Crippen LogP contribution is -2.22. The van der Waals surface area contributed by atoms with Crippen LogP contribution in [0.2, 0.25) is 0 Å². The number of aromatic nitrogens is 5. The molecule has 37 heavy (non-hydrogen) atoms. The van der Waals surface area contributed by atoms with Gasteiger partial charge >= 0.3 is 5.69 Å². The number of aryl methyl sites for hydroxylation is 1. The molecule has 1 aromatic carbocycles. The van der Waals surface area contributed by atoms with Crippen molar-refractivity contribution >= 4 is 17.9 Å². The van der Waals surface area contributed by atoms with Crippen molar-refractivity contribution in [3.8, 4) is 5.69 Å². The minimum atomic E-state index is -0.494. The average molecular weight is 507 g/mol. The molecule has 0 aliphatic heterocycles. The fraction of sp³-hybridized carbons (Fsp3) is 0.333. The van der Waals surface area contributed by atoms with Gasteiger partial charge in [0.05, 0.1) is 17.7 Å². The van der Waals surface area contributed by atoms with Crippen LogP contribution < -0.4 is 5.69 Å². The molecule has 1 atom stereocenters. The number of methoxy groups -OCH3 is 1. The SMILES string of the molecule is COCCCn1c(/N=C/C2C=CC(n3cnc(C)c3)=CC(CCCO)=C2)nc(=O)n1-c1ccc(F)cc1. The van der Waals surface area contributed by atoms with Crippen molar-refractivity contribution in [3.05, 3.63) is 88.7 Å². The van der Waals surface area contributed by atoms with Gasteiger partial charge in [-0.15, -0.1) is 0 Å². The summed E-state index contributed by atoms with van der Waals surface area (Å²) in [6.07, 6.45) is 15.6. The van der Waals surface area contributed by atoms with Gasteiger partial charge in [0.25, 0.3) is 0 Å². The highest BCUT2D eigenvalue weighted by molar-refractivity contribution is 5.73. The van der Waals surface area contributed by atoms with Crippen LogP contribution in [0.3, 0.4) is 0 Å². The van der Waals surface area contributed by atoms with Crippen LogP contribution in [0.1, 0.15) is 25.0 Å². The van der Waals surface area contributed by atoms with Crippen LogP contribution in [-0.2, 0) is 11.3 Å². The third-order valence-electron chi connectivity index (χ3n) is 5.86. The van der Waals surface area contributed by atoms with E-state index in [-0.39, 0.29) is 24.3 Å². The fourth-order valence-corrected chi connectivity index (χ4v) is 4.08. The van der Waals surface area contributed by atoms with Gasteiger partial charge in [0, 0.05) is 50.9 Å². The average Bonchev–Trinajstić information content (AvgIpc) is 3.38. The number of allylic oxidation sites excluding steroid dienone is 6. The van der Waals surface area contributed by atoms with E-state index in [9.17, 15) is 14.3 Å². The van der Waals surface area contributed by atoms with Crippen LogP contribution in [0.4, 0.5) is 10.3 Å². The lowest BCUT2D eigenvalue weighted by molar-refractivity contribution is 0.188. The van der Waals surface area contributed by atoms with E-state index in [0.717, 1.165) is 17.0 Å². The highest BCUT2D eigenvalue weighted by Gasteiger charge is 2.15. The van der Waals surface area contributed by atoms with Crippen LogP contribution in [0.5, 0.6) is 0 Å². The Morgan fingerprint density at radius 1 is 1.24 bits per heavy atom. The van der Waals surface area contributed by atoms with Gasteiger partial charge in [0.2, 0.25) is 5.95 Å². The van der Waals surface area contributed by atoms with Crippen LogP contribution in [0.25, 0.3) is 11.4 Å². The molecule has 0 saturated heterocycles. The van der Waals surface area contributed by atoms with Crippen molar-refractivity contribution in [2.24, 2.45) is 10.9 Å². The summed E-state index contributed by atoms with van der Waals surface area (Å²) in [5, 5.41) is 9.35. The fourth-order valence-electron chi connectivity index (χ4n) is 4.08. The van der Waals surface area contributed by atoms with E-state index in [0.29, 0.717) is 38.1 Å². The third kappa shape index (κ3) is 6.66. The second kappa shape index (κ2) is 12.4. The monoisotopic (exact) mass is 506 g/mol. The summed E-state index contributed by atoms with van der Waals surface area (Å²) in [6, 6.07) is 5.68. The van der Waals surface area contributed by atoms with Gasteiger partial charge in [-0.25, -0.2) is 23.8 Å². The maximum atomic E-state index is 13.5. The maximum absolute atomic E-state index is 13.5. The molecule has 1 N–H and O–H groups in total. The van der Waals surface area contributed by atoms with Crippen molar-refractivity contribution in [1.82, 2.24) is 23.9 Å². The van der Waals surface area contributed by atoms with Crippen LogP contribution in [0, 0.1) is 18.7 Å². The zero-order chi connectivity index (χ0) is 26.2. The second-order valence-electron chi connectivity index (χ2n) is 8.73. The second-order valence-corrected chi connectivity index (χ2v) is 8.73. The highest BCUT2D eigenvalue weighted by atomic mass is 19.1. The first-order valence-electron chi connectivity index (χ1n) is 12.2. The number of aliphatic hydroxyl groups is 1. The molecular weight excluding hydrogens is 475 g/mol. The van der Waals surface area contributed by atoms with Crippen molar-refractivity contribution in [2.75, 3.05) is 20.3 Å². The number of hydrogen-bond donors (Lipinski definition) is 1. The van der Waals surface area contributed by atoms with Crippen molar-refractivity contribution in [3.63, 3.8) is 0 Å². The highest BCUT2D eigenvalue weighted by Crippen LogP contribution is 2.22. The molecule has 4 rings (SSSR count). The summed E-state index contributed by atoms with van der Waals surface area (Å²) in [5.74, 6) is -0.291. The quantitative estimate of drug-likeness (QED) is 0.315. The zero-order valence-corrected chi connectivity index (χ0v) is 21.0. The predicted octanol–water partition coefficient (Wildman–Crippen LogP) is 3.84. The molecule has 0 saturated carbocycles. The first-order chi connectivity index (χ1) is 18.0. The Kier molecular flexibility index (Phi) is 8.76. The summed E-state index contributed by atoms with van der Waals surface area (Å²) < 4.78 is 23.7. The molecule has 0 amide bonds. The summed E-state index contributed by atoms with van der Waals surface area (Å²) in [5.41, 5.74) is 2.94. The summed E-state index contributed by atoms with van der Waals surface area (Å²) in [7, 11) is 1.62. The number of hydrogen-bond acceptors (Lipinski definition) is 6. The molecule has 1 aliphatic carbocycles. The summed E-state index contributed by atoms with van der Waals surface area (Å²) >= 11 is 0. The van der Waals surface area contributed by atoms with E-state index in [1.54, 1.807) is 24.3 Å². The molecule has 1 aliphatic rings. The van der Waals surface area contributed by atoms with Crippen molar-refractivity contribution in [2.45, 2.75) is 32.7 Å². The van der Waals surface area contributed by atoms with Gasteiger partial charge in [0.1, 0.15) is 5.82 Å². The minimum Gasteiger partial charge on any atom is -0.396 e. The molecule has 2 heterocycles. The van der Waals surface area contributed by atoms with Gasteiger partial charge in [-0.3, -0.25) is 0 Å². The molecule has 2 aromatic heterocycles. The Hall–Kier alpha value is -3.89. The van der Waals surface area contributed by atoms with E-state index in [1.807, 2.05) is 29.8 Å². The molecule has 0 fully saturated rings. The van der Waals surface area contributed by atoms with E-state index in [2.05, 4.69) is 27.1 Å². The van der Waals surface area contributed by atoms with E-state index in [4.69, 9.17) is 4.74 Å². The number of rotatable bonds is 11. The molecule has 194 valence electrons. The van der Waals surface area contributed by atoms with Gasteiger partial charge in [-0.1, -0.05) is 12.2 Å². The molecular formula is C27H31FN6O3. The largest absolute Gasteiger partial charge is 0.396 e. The number of aliphatic hydroxyl groups excluding tert-OH is 1. The number of halogens is 1. The Labute approximate surface area is 214 Å². The standard InChI is InChI=1S/C27H31FN6O3/c1-20-18-32(19-30-20)25-9-6-22(15-21(16-25)5-3-13-35)17-29-26-31-27(36)34(33(26)12-4-14-37-2)24-10-7-23(28)8-11-24/h6-11,15-19,22,35H,3-5,12-14H2,1-2H3/b29-17+. The van der Waals surface area contributed by atoms with Crippen LogP contribution in [0.15, 0.2) is 76.5 Å². The smallest absolute Gasteiger partial charge is 0.370 e. The Morgan fingerprint density at radius 3 is 2.76 bits per heavy atom. The van der Waals surface area contributed by atoms with E-state index in [1.165, 1.54) is 28.9 Å². The minimum absolute atomic E-state index is 0.103. The Bertz CT molecular complexity index is 1380. The normalized spacial score (nSPS) is 15.7. The van der Waals surface area contributed by atoms with Crippen molar-refractivity contribution in [1.29, 1.82) is 0 Å². The number of benzene rings is 1. The molecule has 9 nitrogen and oxygen atoms in total. The van der Waals surface area contributed by atoms with Gasteiger partial charge < -0.3 is 14.4 Å². The number of aliphatic imine (C=N–C) groups is 1. The Balaban J connectivity index is 1.66. The molecule has 1 unspecified atom stereocenters. The van der Waals surface area contributed by atoms with Gasteiger partial charge in [-0.2, -0.15) is 9.67 Å². The molecule has 10 heteroatoms. The predicted molar refractivity (Wildman–Crippen MR) is 141 cm³/mol. The number of ether oxygens (including phenoxy) is 1. The van der Waals surface area contributed by atoms with Crippen LogP contribution >= 0.6 is 0 Å². The van der Waals surface area contributed by atoms with E-state index >= 15 is 0 Å².